The summed E-state index contributed by atoms with van der Waals surface area (Å²) in [4.78, 5) is 63.1. The van der Waals surface area contributed by atoms with Gasteiger partial charge in [-0.3, -0.25) is 23.9 Å². The van der Waals surface area contributed by atoms with Gasteiger partial charge in [-0.2, -0.15) is 0 Å². The average molecular weight is 844 g/mol. The van der Waals surface area contributed by atoms with Gasteiger partial charge in [0.1, 0.15) is 11.9 Å². The Bertz CT molecular complexity index is 2110. The number of carbonyl (C=O) groups excluding carboxylic acids is 4. The van der Waals surface area contributed by atoms with Crippen LogP contribution in [-0.2, 0) is 33.9 Å². The fourth-order valence-corrected chi connectivity index (χ4v) is 9.84. The molecule has 0 bridgehead atoms. The van der Waals surface area contributed by atoms with Crippen molar-refractivity contribution in [1.82, 2.24) is 14.6 Å². The number of ether oxygens (including phenoxy) is 3. The van der Waals surface area contributed by atoms with Crippen LogP contribution in [0.4, 0.5) is 8.78 Å². The molecule has 4 aliphatic rings. The number of halogens is 2. The number of amides is 2. The van der Waals surface area contributed by atoms with E-state index in [9.17, 15) is 36.4 Å². The number of allylic oxidation sites excluding steroid dienone is 2. The summed E-state index contributed by atoms with van der Waals surface area (Å²) in [6.07, 6.45) is 6.83. The molecule has 2 aromatic rings. The maximum absolute atomic E-state index is 15.0. The molecule has 1 aromatic heterocycles. The summed E-state index contributed by atoms with van der Waals surface area (Å²) in [6.45, 7) is 12.5. The Morgan fingerprint density at radius 3 is 2.46 bits per heavy atom. The van der Waals surface area contributed by atoms with Gasteiger partial charge in [0.25, 0.3) is 5.92 Å². The summed E-state index contributed by atoms with van der Waals surface area (Å²) >= 11 is 0. The molecule has 3 heterocycles. The molecule has 324 valence electrons. The number of ketones is 1. The number of esters is 1. The number of sulfonamides is 1. The van der Waals surface area contributed by atoms with Crippen LogP contribution in [0, 0.1) is 36.0 Å². The Hall–Kier alpha value is -4.14. The fourth-order valence-electron chi connectivity index (χ4n) is 8.51. The van der Waals surface area contributed by atoms with E-state index < -0.39 is 91.6 Å². The van der Waals surface area contributed by atoms with Gasteiger partial charge < -0.3 is 19.1 Å². The van der Waals surface area contributed by atoms with Crippen LogP contribution < -0.4 is 14.2 Å². The number of hydrogen-bond acceptors (Lipinski definition) is 10. The third-order valence-corrected chi connectivity index (χ3v) is 15.3. The summed E-state index contributed by atoms with van der Waals surface area (Å²) in [5.74, 6) is -6.98. The van der Waals surface area contributed by atoms with Crippen molar-refractivity contribution in [2.45, 2.75) is 142 Å². The number of benzene rings is 1. The zero-order valence-electron chi connectivity index (χ0n) is 35.4. The van der Waals surface area contributed by atoms with E-state index in [1.165, 1.54) is 4.90 Å². The molecule has 0 radical (unpaired) electrons. The first-order chi connectivity index (χ1) is 27.5. The summed E-state index contributed by atoms with van der Waals surface area (Å²) in [5.41, 5.74) is -2.50. The number of pyridine rings is 1. The van der Waals surface area contributed by atoms with E-state index in [0.29, 0.717) is 56.8 Å². The van der Waals surface area contributed by atoms with Crippen molar-refractivity contribution in [3.8, 4) is 11.6 Å². The molecular weight excluding hydrogens is 785 g/mol. The molecule has 0 spiro atoms. The summed E-state index contributed by atoms with van der Waals surface area (Å²) in [7, 11) is -4.01. The summed E-state index contributed by atoms with van der Waals surface area (Å²) in [6, 6.07) is 4.62. The molecule has 6 rings (SSSR count). The quantitative estimate of drug-likeness (QED) is 0.181. The van der Waals surface area contributed by atoms with Crippen molar-refractivity contribution < 1.29 is 50.6 Å². The van der Waals surface area contributed by atoms with Crippen LogP contribution in [0.15, 0.2) is 36.5 Å². The molecule has 1 N–H and O–H groups in total. The van der Waals surface area contributed by atoms with Gasteiger partial charge in [-0.25, -0.2) is 22.2 Å². The molecule has 1 saturated heterocycles. The Kier molecular flexibility index (Phi) is 12.3. The lowest BCUT2D eigenvalue weighted by Gasteiger charge is -2.34. The molecular formula is C44H59F2N3O9S. The topological polar surface area (TPSA) is 158 Å². The van der Waals surface area contributed by atoms with E-state index in [4.69, 9.17) is 14.2 Å². The molecule has 2 amide bonds. The van der Waals surface area contributed by atoms with Gasteiger partial charge in [0.2, 0.25) is 27.7 Å². The van der Waals surface area contributed by atoms with E-state index in [-0.39, 0.29) is 37.6 Å². The lowest BCUT2D eigenvalue weighted by Crippen LogP contribution is -2.49. The van der Waals surface area contributed by atoms with E-state index in [0.717, 1.165) is 24.8 Å². The SMILES string of the molecule is CCOc1cnc(O[C@@H]2C[C@H]3C(=O)C[C@]4(C(=O)NS(=O)(=O)C5(C)CC5)C[C@H]4/C=C\CC[C@H](C)C[C@@H](C)[C@H](CC(=O)OC(C)(C)C(C)(F)F)C(=O)N3C2)c2ccc(C)cc12. The first kappa shape index (κ1) is 44.4. The monoisotopic (exact) mass is 843 g/mol. The highest BCUT2D eigenvalue weighted by Crippen LogP contribution is 2.58. The van der Waals surface area contributed by atoms with Crippen LogP contribution in [0.2, 0.25) is 0 Å². The molecule has 2 aliphatic carbocycles. The lowest BCUT2D eigenvalue weighted by atomic mass is 9.82. The third kappa shape index (κ3) is 9.29. The van der Waals surface area contributed by atoms with Crippen molar-refractivity contribution in [2.75, 3.05) is 13.2 Å². The van der Waals surface area contributed by atoms with Crippen LogP contribution in [0.1, 0.15) is 112 Å². The highest BCUT2D eigenvalue weighted by molar-refractivity contribution is 7.91. The molecule has 59 heavy (non-hydrogen) atoms. The third-order valence-electron chi connectivity index (χ3n) is 13.2. The van der Waals surface area contributed by atoms with Crippen LogP contribution >= 0.6 is 0 Å². The van der Waals surface area contributed by atoms with E-state index in [1.54, 1.807) is 13.1 Å². The number of aromatic nitrogens is 1. The highest BCUT2D eigenvalue weighted by atomic mass is 32.2. The van der Waals surface area contributed by atoms with Gasteiger partial charge in [-0.15, -0.1) is 0 Å². The Labute approximate surface area is 346 Å². The number of fused-ring (bicyclic) bond motifs is 3. The average Bonchev–Trinajstić information content (AvgIpc) is 4.02. The van der Waals surface area contributed by atoms with Gasteiger partial charge in [-0.1, -0.05) is 37.6 Å². The number of nitrogens with one attached hydrogen (secondary N) is 1. The zero-order chi connectivity index (χ0) is 43.3. The van der Waals surface area contributed by atoms with Gasteiger partial charge in [0.15, 0.2) is 11.4 Å². The molecule has 12 nitrogen and oxygen atoms in total. The van der Waals surface area contributed by atoms with Crippen molar-refractivity contribution in [2.24, 2.45) is 29.1 Å². The van der Waals surface area contributed by atoms with Crippen molar-refractivity contribution in [3.63, 3.8) is 0 Å². The fraction of sp³-hybridized carbons (Fsp3) is 0.659. The van der Waals surface area contributed by atoms with Crippen LogP contribution in [0.3, 0.4) is 0 Å². The molecule has 0 unspecified atom stereocenters. The predicted octanol–water partition coefficient (Wildman–Crippen LogP) is 7.25. The first-order valence-electron chi connectivity index (χ1n) is 20.9. The number of Topliss-reactive ketones (excluding diaryl/α,β-unsaturated/α-hetero) is 1. The van der Waals surface area contributed by atoms with Gasteiger partial charge in [0, 0.05) is 30.5 Å². The maximum Gasteiger partial charge on any atom is 0.307 e. The molecule has 1 aromatic carbocycles. The summed E-state index contributed by atoms with van der Waals surface area (Å²) < 4.78 is 74.4. The number of nitrogens with zero attached hydrogens (tertiary/aromatic N) is 2. The second kappa shape index (κ2) is 16.4. The first-order valence-corrected chi connectivity index (χ1v) is 22.3. The van der Waals surface area contributed by atoms with Crippen molar-refractivity contribution in [3.05, 3.63) is 42.1 Å². The smallest absolute Gasteiger partial charge is 0.307 e. The molecule has 2 aliphatic heterocycles. The number of hydrogen-bond donors (Lipinski definition) is 1. The van der Waals surface area contributed by atoms with Crippen LogP contribution in [0.5, 0.6) is 11.6 Å². The van der Waals surface area contributed by atoms with Crippen molar-refractivity contribution in [1.29, 1.82) is 0 Å². The standard InChI is InChI=1S/C44H59F2N3O9S/c1-9-56-36-24-47-38(31-15-14-27(3)19-33(31)36)57-30-20-34-35(50)23-44(40(53)48-59(54,55)42(7)16-17-42)22-29(44)13-11-10-12-26(2)18-28(4)32(39(52)49(34)25-30)21-37(51)58-41(5,6)43(8,45)46/h11,13-15,19,24,26,28-30,32,34H,9-10,12,16-18,20-23,25H2,1-8H3,(H,48,53)/b13-11-/t26-,28+,29+,30+,32-,34-,44+/m0/s1. The van der Waals surface area contributed by atoms with E-state index in [2.05, 4.69) is 9.71 Å². The van der Waals surface area contributed by atoms with E-state index in [1.807, 2.05) is 58.0 Å². The second-order valence-corrected chi connectivity index (χ2v) is 20.6. The predicted molar refractivity (Wildman–Crippen MR) is 217 cm³/mol. The summed E-state index contributed by atoms with van der Waals surface area (Å²) in [5, 5.41) is 1.44. The van der Waals surface area contributed by atoms with Gasteiger partial charge >= 0.3 is 5.97 Å². The molecule has 7 atom stereocenters. The van der Waals surface area contributed by atoms with E-state index >= 15 is 0 Å². The van der Waals surface area contributed by atoms with Crippen molar-refractivity contribution >= 4 is 44.4 Å². The van der Waals surface area contributed by atoms with Crippen LogP contribution in [0.25, 0.3) is 10.8 Å². The van der Waals surface area contributed by atoms with Gasteiger partial charge in [-0.05, 0) is 103 Å². The Morgan fingerprint density at radius 1 is 1.08 bits per heavy atom. The molecule has 3 fully saturated rings. The minimum absolute atomic E-state index is 0.0262. The molecule has 2 saturated carbocycles. The highest BCUT2D eigenvalue weighted by Gasteiger charge is 2.63. The Balaban J connectivity index is 1.36. The number of aryl methyl sites for hydroxylation is 1. The number of alkyl halides is 2. The van der Waals surface area contributed by atoms with Gasteiger partial charge in [0.05, 0.1) is 47.9 Å². The second-order valence-electron chi connectivity index (χ2n) is 18.4. The van der Waals surface area contributed by atoms with Crippen LogP contribution in [-0.4, -0.2) is 83.4 Å². The Morgan fingerprint density at radius 2 is 1.80 bits per heavy atom. The maximum atomic E-state index is 15.0. The molecule has 15 heteroatoms. The largest absolute Gasteiger partial charge is 0.492 e. The minimum atomic E-state index is -4.01. The lowest BCUT2D eigenvalue weighted by molar-refractivity contribution is -0.197. The zero-order valence-corrected chi connectivity index (χ0v) is 36.3. The number of carbonyl (C=O) groups is 4. The normalized spacial score (nSPS) is 29.4. The minimum Gasteiger partial charge on any atom is -0.492 e. The number of rotatable bonds is 11.